The first-order chi connectivity index (χ1) is 2.80. The molecule has 0 saturated carbocycles. The average molecular weight is 124 g/mol. The molecule has 0 aromatic carbocycles. The maximum absolute atomic E-state index is 8.65. The van der Waals surface area contributed by atoms with Gasteiger partial charge in [0.2, 0.25) is 0 Å². The predicted molar refractivity (Wildman–Crippen MR) is 30.7 cm³/mol. The van der Waals surface area contributed by atoms with E-state index in [-0.39, 0.29) is 18.5 Å². The molecule has 1 aliphatic heterocycles. The zero-order valence-corrected chi connectivity index (χ0v) is 5.03. The van der Waals surface area contributed by atoms with E-state index in [2.05, 4.69) is 5.32 Å². The summed E-state index contributed by atoms with van der Waals surface area (Å²) in [6.45, 7) is 2.75. The van der Waals surface area contributed by atoms with Crippen LogP contribution in [0.3, 0.4) is 0 Å². The second-order valence-electron chi connectivity index (χ2n) is 1.76. The zero-order valence-electron chi connectivity index (χ0n) is 4.22. The third-order valence-electron chi connectivity index (χ3n) is 1.23. The number of rotatable bonds is 0. The normalized spacial score (nSPS) is 38.6. The Kier molecular flexibility index (Phi) is 2.58. The van der Waals surface area contributed by atoms with Crippen LogP contribution in [0.4, 0.5) is 0 Å². The van der Waals surface area contributed by atoms with Gasteiger partial charge in [-0.1, -0.05) is 0 Å². The van der Waals surface area contributed by atoms with E-state index in [1.807, 2.05) is 6.92 Å². The van der Waals surface area contributed by atoms with Crippen molar-refractivity contribution in [3.63, 3.8) is 0 Å². The SMILES string of the molecule is C[C@H]1NCC1O.Cl. The summed E-state index contributed by atoms with van der Waals surface area (Å²) in [6.07, 6.45) is -0.0787. The maximum atomic E-state index is 8.65. The molecule has 2 nitrogen and oxygen atoms in total. The molecular weight excluding hydrogens is 114 g/mol. The summed E-state index contributed by atoms with van der Waals surface area (Å²) in [5.41, 5.74) is 0. The molecule has 1 unspecified atom stereocenters. The Morgan fingerprint density at radius 3 is 2.14 bits per heavy atom. The molecule has 0 amide bonds. The van der Waals surface area contributed by atoms with Crippen molar-refractivity contribution in [3.8, 4) is 0 Å². The molecule has 0 spiro atoms. The molecule has 0 bridgehead atoms. The van der Waals surface area contributed by atoms with E-state index >= 15 is 0 Å². The van der Waals surface area contributed by atoms with Gasteiger partial charge in [-0.25, -0.2) is 0 Å². The molecule has 1 heterocycles. The van der Waals surface area contributed by atoms with Gasteiger partial charge < -0.3 is 10.4 Å². The van der Waals surface area contributed by atoms with Crippen LogP contribution in [0.25, 0.3) is 0 Å². The first-order valence-electron chi connectivity index (χ1n) is 2.22. The van der Waals surface area contributed by atoms with Gasteiger partial charge in [-0.05, 0) is 6.92 Å². The second kappa shape index (κ2) is 2.50. The smallest absolute Gasteiger partial charge is 0.0814 e. The van der Waals surface area contributed by atoms with Crippen LogP contribution in [0, 0.1) is 0 Å². The van der Waals surface area contributed by atoms with Gasteiger partial charge >= 0.3 is 0 Å². The van der Waals surface area contributed by atoms with Gasteiger partial charge in [0, 0.05) is 12.6 Å². The third kappa shape index (κ3) is 1.30. The highest BCUT2D eigenvalue weighted by Gasteiger charge is 2.21. The lowest BCUT2D eigenvalue weighted by Gasteiger charge is -2.30. The number of hydrogen-bond donors (Lipinski definition) is 2. The highest BCUT2D eigenvalue weighted by Crippen LogP contribution is 1.99. The Balaban J connectivity index is 0.000000360. The second-order valence-corrected chi connectivity index (χ2v) is 1.76. The van der Waals surface area contributed by atoms with E-state index in [9.17, 15) is 0 Å². The van der Waals surface area contributed by atoms with Crippen molar-refractivity contribution in [1.82, 2.24) is 5.32 Å². The fraction of sp³-hybridized carbons (Fsp3) is 1.00. The Morgan fingerprint density at radius 1 is 1.71 bits per heavy atom. The minimum absolute atomic E-state index is 0. The van der Waals surface area contributed by atoms with Crippen LogP contribution in [0.2, 0.25) is 0 Å². The van der Waals surface area contributed by atoms with Gasteiger partial charge in [-0.15, -0.1) is 12.4 Å². The molecule has 1 aliphatic rings. The lowest BCUT2D eigenvalue weighted by atomic mass is 10.1. The summed E-state index contributed by atoms with van der Waals surface area (Å²) >= 11 is 0. The summed E-state index contributed by atoms with van der Waals surface area (Å²) in [5, 5.41) is 11.7. The first-order valence-corrected chi connectivity index (χ1v) is 2.22. The van der Waals surface area contributed by atoms with Crippen LogP contribution in [0.15, 0.2) is 0 Å². The summed E-state index contributed by atoms with van der Waals surface area (Å²) in [6, 6.07) is 0.338. The number of β-amino-alcohol motifs (C(OH)–C–C–N with tert-alkyl or cyclic N) is 1. The largest absolute Gasteiger partial charge is 0.390 e. The molecule has 0 aliphatic carbocycles. The van der Waals surface area contributed by atoms with Crippen LogP contribution >= 0.6 is 12.4 Å². The van der Waals surface area contributed by atoms with E-state index in [1.54, 1.807) is 0 Å². The zero-order chi connectivity index (χ0) is 4.57. The third-order valence-corrected chi connectivity index (χ3v) is 1.23. The predicted octanol–water partition coefficient (Wildman–Crippen LogP) is -0.239. The van der Waals surface area contributed by atoms with Gasteiger partial charge in [-0.2, -0.15) is 0 Å². The lowest BCUT2D eigenvalue weighted by molar-refractivity contribution is 0.0704. The molecule has 2 N–H and O–H groups in total. The summed E-state index contributed by atoms with van der Waals surface area (Å²) in [5.74, 6) is 0. The molecular formula is C4H10ClNO. The molecule has 1 fully saturated rings. The molecule has 0 aromatic heterocycles. The van der Waals surface area contributed by atoms with Gasteiger partial charge in [-0.3, -0.25) is 0 Å². The van der Waals surface area contributed by atoms with Crippen LogP contribution in [-0.2, 0) is 0 Å². The Bertz CT molecular complexity index is 51.7. The van der Waals surface area contributed by atoms with E-state index in [4.69, 9.17) is 5.11 Å². The minimum Gasteiger partial charge on any atom is -0.390 e. The Morgan fingerprint density at radius 2 is 2.14 bits per heavy atom. The van der Waals surface area contributed by atoms with Gasteiger partial charge in [0.15, 0.2) is 0 Å². The average Bonchev–Trinajstić information content (AvgIpc) is 1.61. The van der Waals surface area contributed by atoms with Crippen molar-refractivity contribution >= 4 is 12.4 Å². The topological polar surface area (TPSA) is 32.3 Å². The highest BCUT2D eigenvalue weighted by atomic mass is 35.5. The fourth-order valence-corrected chi connectivity index (χ4v) is 0.459. The van der Waals surface area contributed by atoms with Crippen molar-refractivity contribution in [2.75, 3.05) is 6.54 Å². The van der Waals surface area contributed by atoms with Crippen molar-refractivity contribution in [2.24, 2.45) is 0 Å². The fourth-order valence-electron chi connectivity index (χ4n) is 0.459. The molecule has 2 atom stereocenters. The standard InChI is InChI=1S/C4H9NO.ClH/c1-3-4(6)2-5-3;/h3-6H,2H2,1H3;1H/t3-,4?;/m1./s1. The van der Waals surface area contributed by atoms with Crippen LogP contribution < -0.4 is 5.32 Å². The van der Waals surface area contributed by atoms with Crippen LogP contribution in [-0.4, -0.2) is 23.8 Å². The molecule has 0 aromatic rings. The first kappa shape index (κ1) is 7.21. The van der Waals surface area contributed by atoms with Gasteiger partial charge in [0.1, 0.15) is 0 Å². The highest BCUT2D eigenvalue weighted by molar-refractivity contribution is 5.85. The maximum Gasteiger partial charge on any atom is 0.0814 e. The molecule has 1 saturated heterocycles. The minimum atomic E-state index is -0.0787. The van der Waals surface area contributed by atoms with Crippen LogP contribution in [0.1, 0.15) is 6.92 Å². The summed E-state index contributed by atoms with van der Waals surface area (Å²) in [4.78, 5) is 0. The number of nitrogens with one attached hydrogen (secondary N) is 1. The Hall–Kier alpha value is 0.210. The van der Waals surface area contributed by atoms with E-state index in [0.29, 0.717) is 6.04 Å². The van der Waals surface area contributed by atoms with E-state index in [1.165, 1.54) is 0 Å². The van der Waals surface area contributed by atoms with Crippen molar-refractivity contribution in [3.05, 3.63) is 0 Å². The van der Waals surface area contributed by atoms with E-state index < -0.39 is 0 Å². The molecule has 0 radical (unpaired) electrons. The van der Waals surface area contributed by atoms with Gasteiger partial charge in [0.05, 0.1) is 6.10 Å². The van der Waals surface area contributed by atoms with Gasteiger partial charge in [0.25, 0.3) is 0 Å². The molecule has 44 valence electrons. The lowest BCUT2D eigenvalue weighted by Crippen LogP contribution is -2.55. The number of hydrogen-bond acceptors (Lipinski definition) is 2. The van der Waals surface area contributed by atoms with E-state index in [0.717, 1.165) is 6.54 Å². The van der Waals surface area contributed by atoms with Crippen molar-refractivity contribution in [1.29, 1.82) is 0 Å². The molecule has 3 heteroatoms. The Labute approximate surface area is 49.3 Å². The molecule has 1 rings (SSSR count). The van der Waals surface area contributed by atoms with Crippen molar-refractivity contribution in [2.45, 2.75) is 19.1 Å². The quantitative estimate of drug-likeness (QED) is 0.466. The molecule has 7 heavy (non-hydrogen) atoms. The number of aliphatic hydroxyl groups is 1. The monoisotopic (exact) mass is 123 g/mol. The summed E-state index contributed by atoms with van der Waals surface area (Å²) < 4.78 is 0. The summed E-state index contributed by atoms with van der Waals surface area (Å²) in [7, 11) is 0. The number of halogens is 1. The van der Waals surface area contributed by atoms with Crippen molar-refractivity contribution < 1.29 is 5.11 Å². The number of aliphatic hydroxyl groups excluding tert-OH is 1. The van der Waals surface area contributed by atoms with Crippen LogP contribution in [0.5, 0.6) is 0 Å².